The van der Waals surface area contributed by atoms with E-state index in [-0.39, 0.29) is 38.8 Å². The van der Waals surface area contributed by atoms with Gasteiger partial charge in [-0.25, -0.2) is 24.3 Å². The number of aromatic nitrogens is 3. The molecule has 4 aromatic carbocycles. The number of rotatable bonds is 13. The zero-order valence-corrected chi connectivity index (χ0v) is 32.9. The Morgan fingerprint density at radius 3 is 2.16 bits per heavy atom. The summed E-state index contributed by atoms with van der Waals surface area (Å²) in [6.45, 7) is 2.53. The molecule has 0 atom stereocenters. The van der Waals surface area contributed by atoms with Gasteiger partial charge in [-0.3, -0.25) is 9.78 Å². The molecule has 2 aromatic heterocycles. The summed E-state index contributed by atoms with van der Waals surface area (Å²) in [5.74, 6) is 0.921. The van der Waals surface area contributed by atoms with E-state index in [4.69, 9.17) is 57.1 Å². The average Bonchev–Trinajstić information content (AvgIpc) is 3.57. The second-order valence-corrected chi connectivity index (χ2v) is 13.6. The first kappa shape index (κ1) is 39.0. The van der Waals surface area contributed by atoms with Gasteiger partial charge in [-0.15, -0.1) is 0 Å². The number of methoxy groups -OCH3 is 3. The maximum Gasteiger partial charge on any atom is 0.285 e. The first-order valence-electron chi connectivity index (χ1n) is 17.9. The molecule has 0 bridgehead atoms. The maximum atomic E-state index is 14.9. The van der Waals surface area contributed by atoms with Crippen LogP contribution in [0, 0.1) is 5.82 Å². The number of hydrogen-bond acceptors (Lipinski definition) is 9. The van der Waals surface area contributed by atoms with Crippen molar-refractivity contribution in [1.82, 2.24) is 15.0 Å². The molecule has 1 amide bonds. The van der Waals surface area contributed by atoms with E-state index in [9.17, 15) is 9.18 Å². The number of nitrogens with zero attached hydrogens (tertiary/aromatic N) is 5. The van der Waals surface area contributed by atoms with E-state index < -0.39 is 11.7 Å². The van der Waals surface area contributed by atoms with Gasteiger partial charge in [0.1, 0.15) is 17.3 Å². The Morgan fingerprint density at radius 2 is 1.51 bits per heavy atom. The molecule has 0 unspecified atom stereocenters. The van der Waals surface area contributed by atoms with Gasteiger partial charge < -0.3 is 18.9 Å². The first-order valence-corrected chi connectivity index (χ1v) is 18.7. The van der Waals surface area contributed by atoms with Crippen LogP contribution in [-0.2, 0) is 17.6 Å². The van der Waals surface area contributed by atoms with Gasteiger partial charge in [-0.2, -0.15) is 0 Å². The molecular weight excluding hydrogens is 768 g/mol. The van der Waals surface area contributed by atoms with Crippen LogP contribution in [0.15, 0.2) is 114 Å². The Hall–Kier alpha value is -6.30. The Bertz CT molecular complexity index is 2470. The van der Waals surface area contributed by atoms with Crippen molar-refractivity contribution < 1.29 is 28.1 Å². The van der Waals surface area contributed by atoms with Gasteiger partial charge in [0.2, 0.25) is 11.7 Å². The van der Waals surface area contributed by atoms with Crippen molar-refractivity contribution in [3.05, 3.63) is 147 Å². The highest BCUT2D eigenvalue weighted by Crippen LogP contribution is 2.40. The van der Waals surface area contributed by atoms with E-state index in [1.165, 1.54) is 43.9 Å². The van der Waals surface area contributed by atoms with E-state index in [0.29, 0.717) is 58.4 Å². The molecule has 57 heavy (non-hydrogen) atoms. The number of hydrogen-bond donors (Lipinski definition) is 0. The fourth-order valence-corrected chi connectivity index (χ4v) is 6.65. The van der Waals surface area contributed by atoms with Gasteiger partial charge >= 0.3 is 0 Å². The van der Waals surface area contributed by atoms with E-state index in [1.54, 1.807) is 24.3 Å². The van der Waals surface area contributed by atoms with Crippen LogP contribution in [0.25, 0.3) is 28.6 Å². The molecule has 0 fully saturated rings. The molecule has 0 N–H and O–H groups in total. The summed E-state index contributed by atoms with van der Waals surface area (Å²) >= 11 is 12.7. The number of carbonyl (C=O) groups excluding carboxylic acids is 1. The normalized spacial score (nSPS) is 13.2. The van der Waals surface area contributed by atoms with Gasteiger partial charge in [-0.05, 0) is 84.3 Å². The number of pyridine rings is 1. The molecule has 3 heterocycles. The molecule has 6 aromatic rings. The summed E-state index contributed by atoms with van der Waals surface area (Å²) in [5.41, 5.74) is 5.01. The third-order valence-electron chi connectivity index (χ3n) is 9.15. The SMILES string of the molecule is CCc1ccc(CCOc2ccc(-c3cc(-c4cc(F)c(Cl)cc4Cl)nc(N4C(=O)/C(=C\c5cc(OC)c(OC)c(OC)c5)N=C4c4ccccc4)n3)cc2)nc1. The van der Waals surface area contributed by atoms with Crippen LogP contribution >= 0.6 is 23.2 Å². The van der Waals surface area contributed by atoms with Crippen LogP contribution in [0.3, 0.4) is 0 Å². The van der Waals surface area contributed by atoms with Crippen molar-refractivity contribution in [2.75, 3.05) is 32.8 Å². The molecule has 1 aliphatic rings. The van der Waals surface area contributed by atoms with Crippen molar-refractivity contribution in [2.45, 2.75) is 19.8 Å². The van der Waals surface area contributed by atoms with Crippen molar-refractivity contribution in [2.24, 2.45) is 4.99 Å². The molecular formula is C44H36Cl2FN5O5. The minimum Gasteiger partial charge on any atom is -0.493 e. The van der Waals surface area contributed by atoms with E-state index in [1.807, 2.05) is 66.9 Å². The average molecular weight is 805 g/mol. The van der Waals surface area contributed by atoms with Gasteiger partial charge in [0, 0.05) is 35.0 Å². The second kappa shape index (κ2) is 17.2. The van der Waals surface area contributed by atoms with Gasteiger partial charge in [-0.1, -0.05) is 66.5 Å². The molecule has 13 heteroatoms. The molecule has 288 valence electrons. The summed E-state index contributed by atoms with van der Waals surface area (Å²) in [6.07, 6.45) is 5.08. The van der Waals surface area contributed by atoms with Gasteiger partial charge in [0.25, 0.3) is 5.91 Å². The zero-order valence-electron chi connectivity index (χ0n) is 31.4. The zero-order chi connectivity index (χ0) is 40.1. The predicted octanol–water partition coefficient (Wildman–Crippen LogP) is 9.70. The Balaban J connectivity index is 1.29. The number of halogens is 3. The van der Waals surface area contributed by atoms with Crippen molar-refractivity contribution >= 4 is 47.0 Å². The second-order valence-electron chi connectivity index (χ2n) is 12.7. The highest BCUT2D eigenvalue weighted by molar-refractivity contribution is 6.36. The molecule has 0 saturated carbocycles. The van der Waals surface area contributed by atoms with Crippen molar-refractivity contribution in [3.63, 3.8) is 0 Å². The maximum absolute atomic E-state index is 14.9. The van der Waals surface area contributed by atoms with E-state index >= 15 is 0 Å². The third-order valence-corrected chi connectivity index (χ3v) is 9.76. The molecule has 0 aliphatic carbocycles. The number of benzene rings is 4. The molecule has 1 aliphatic heterocycles. The highest BCUT2D eigenvalue weighted by atomic mass is 35.5. The largest absolute Gasteiger partial charge is 0.493 e. The standard InChI is InChI=1S/C44H36Cl2FN5O5/c1-5-26-11-14-30(48-25-26)17-18-57-31-15-12-28(13-16-31)36-24-37(32-22-35(47)34(46)23-33(32)45)51-44(50-36)52-42(29-9-7-6-8-10-29)49-38(43(52)53)19-27-20-39(54-2)41(56-4)40(21-27)55-3/h6-16,19-25H,5,17-18H2,1-4H3/b38-19+. The van der Waals surface area contributed by atoms with E-state index in [2.05, 4.69) is 18.0 Å². The molecule has 0 radical (unpaired) electrons. The minimum absolute atomic E-state index is 0.0169. The highest BCUT2D eigenvalue weighted by Gasteiger charge is 2.35. The lowest BCUT2D eigenvalue weighted by Crippen LogP contribution is -2.34. The van der Waals surface area contributed by atoms with Crippen molar-refractivity contribution in [1.29, 1.82) is 0 Å². The number of amides is 1. The number of anilines is 1. The van der Waals surface area contributed by atoms with Crippen LogP contribution in [0.1, 0.15) is 29.3 Å². The van der Waals surface area contributed by atoms with Crippen LogP contribution < -0.4 is 23.8 Å². The predicted molar refractivity (Wildman–Crippen MR) is 220 cm³/mol. The molecule has 10 nitrogen and oxygen atoms in total. The quantitative estimate of drug-likeness (QED) is 0.0839. The lowest BCUT2D eigenvalue weighted by atomic mass is 10.1. The Labute approximate surface area is 339 Å². The minimum atomic E-state index is -0.685. The number of aliphatic imine (C=N–C) groups is 1. The van der Waals surface area contributed by atoms with E-state index in [0.717, 1.165) is 12.1 Å². The molecule has 0 spiro atoms. The number of ether oxygens (including phenoxy) is 4. The van der Waals surface area contributed by atoms with Gasteiger partial charge in [0.15, 0.2) is 17.3 Å². The number of aryl methyl sites for hydroxylation is 1. The fourth-order valence-electron chi connectivity index (χ4n) is 6.17. The van der Waals surface area contributed by atoms with Crippen LogP contribution in [0.4, 0.5) is 10.3 Å². The summed E-state index contributed by atoms with van der Waals surface area (Å²) in [5, 5.41) is 0.0182. The Morgan fingerprint density at radius 1 is 0.789 bits per heavy atom. The molecule has 7 rings (SSSR count). The van der Waals surface area contributed by atoms with Gasteiger partial charge in [0.05, 0.1) is 49.4 Å². The topological polar surface area (TPSA) is 108 Å². The van der Waals surface area contributed by atoms with Crippen LogP contribution in [0.5, 0.6) is 23.0 Å². The van der Waals surface area contributed by atoms with Crippen LogP contribution in [-0.4, -0.2) is 54.6 Å². The summed E-state index contributed by atoms with van der Waals surface area (Å²) in [6, 6.07) is 28.2. The summed E-state index contributed by atoms with van der Waals surface area (Å²) < 4.78 is 37.5. The molecule has 0 saturated heterocycles. The smallest absolute Gasteiger partial charge is 0.285 e. The van der Waals surface area contributed by atoms with Crippen LogP contribution in [0.2, 0.25) is 10.0 Å². The lowest BCUT2D eigenvalue weighted by Gasteiger charge is -2.19. The third kappa shape index (κ3) is 8.45. The first-order chi connectivity index (χ1) is 27.7. The summed E-state index contributed by atoms with van der Waals surface area (Å²) in [7, 11) is 4.53. The number of carbonyl (C=O) groups is 1. The fraction of sp³-hybridized carbons (Fsp3) is 0.159. The lowest BCUT2D eigenvalue weighted by molar-refractivity contribution is -0.113. The number of amidine groups is 1. The monoisotopic (exact) mass is 803 g/mol. The van der Waals surface area contributed by atoms with Crippen molar-refractivity contribution in [3.8, 4) is 45.5 Å². The Kier molecular flexibility index (Phi) is 11.8. The summed E-state index contributed by atoms with van der Waals surface area (Å²) in [4.78, 5) is 34.8.